The van der Waals surface area contributed by atoms with Crippen molar-refractivity contribution in [3.63, 3.8) is 0 Å². The number of ether oxygens (including phenoxy) is 1. The lowest BCUT2D eigenvalue weighted by Gasteiger charge is -2.23. The molecule has 0 aliphatic carbocycles. The predicted octanol–water partition coefficient (Wildman–Crippen LogP) is 1.89. The minimum Gasteiger partial charge on any atom is -0.385 e. The molecule has 3 nitrogen and oxygen atoms in total. The fourth-order valence-electron chi connectivity index (χ4n) is 1.54. The zero-order valence-corrected chi connectivity index (χ0v) is 10.6. The molecule has 0 unspecified atom stereocenters. The summed E-state index contributed by atoms with van der Waals surface area (Å²) in [6.45, 7) is 4.02. The Hall–Kier alpha value is -0.330. The van der Waals surface area contributed by atoms with Crippen molar-refractivity contribution in [1.82, 2.24) is 10.2 Å². The van der Waals surface area contributed by atoms with Crippen LogP contribution >= 0.6 is 0 Å². The molecule has 0 aliphatic rings. The van der Waals surface area contributed by atoms with Crippen molar-refractivity contribution in [2.45, 2.75) is 25.9 Å². The van der Waals surface area contributed by atoms with Crippen molar-refractivity contribution < 1.29 is 17.9 Å². The lowest BCUT2D eigenvalue weighted by Crippen LogP contribution is -2.39. The van der Waals surface area contributed by atoms with Gasteiger partial charge in [-0.15, -0.1) is 0 Å². The Kier molecular flexibility index (Phi) is 9.49. The van der Waals surface area contributed by atoms with Gasteiger partial charge < -0.3 is 10.1 Å². The Morgan fingerprint density at radius 1 is 1.18 bits per heavy atom. The smallest absolute Gasteiger partial charge is 0.385 e. The Labute approximate surface area is 101 Å². The second-order valence-corrected chi connectivity index (χ2v) is 3.99. The van der Waals surface area contributed by atoms with E-state index in [9.17, 15) is 13.2 Å². The molecule has 0 spiro atoms. The first-order valence-electron chi connectivity index (χ1n) is 5.98. The summed E-state index contributed by atoms with van der Waals surface area (Å²) < 4.78 is 41.6. The molecule has 0 aromatic heterocycles. The van der Waals surface area contributed by atoms with Crippen LogP contribution in [0.2, 0.25) is 0 Å². The fraction of sp³-hybridized carbons (Fsp3) is 1.00. The van der Waals surface area contributed by atoms with Gasteiger partial charge in [0.15, 0.2) is 0 Å². The maximum atomic E-state index is 12.2. The highest BCUT2D eigenvalue weighted by atomic mass is 19.4. The number of hydrogen-bond acceptors (Lipinski definition) is 3. The average Bonchev–Trinajstić information content (AvgIpc) is 2.21. The summed E-state index contributed by atoms with van der Waals surface area (Å²) in [6.07, 6.45) is -2.49. The average molecular weight is 256 g/mol. The molecule has 17 heavy (non-hydrogen) atoms. The van der Waals surface area contributed by atoms with E-state index in [0.29, 0.717) is 26.2 Å². The second kappa shape index (κ2) is 9.67. The fourth-order valence-corrected chi connectivity index (χ4v) is 1.54. The topological polar surface area (TPSA) is 24.5 Å². The van der Waals surface area contributed by atoms with Gasteiger partial charge in [-0.1, -0.05) is 6.92 Å². The zero-order chi connectivity index (χ0) is 13.1. The highest BCUT2D eigenvalue weighted by molar-refractivity contribution is 4.64. The van der Waals surface area contributed by atoms with Gasteiger partial charge in [0.2, 0.25) is 0 Å². The minimum atomic E-state index is -4.11. The van der Waals surface area contributed by atoms with Gasteiger partial charge in [-0.05, 0) is 25.9 Å². The Bertz CT molecular complexity index is 177. The van der Waals surface area contributed by atoms with Crippen LogP contribution in [0.5, 0.6) is 0 Å². The summed E-state index contributed by atoms with van der Waals surface area (Å²) in [5.41, 5.74) is 0. The zero-order valence-electron chi connectivity index (χ0n) is 10.6. The van der Waals surface area contributed by atoms with Crippen molar-refractivity contribution in [2.75, 3.05) is 46.4 Å². The van der Waals surface area contributed by atoms with E-state index < -0.39 is 12.7 Å². The van der Waals surface area contributed by atoms with E-state index in [2.05, 4.69) is 5.32 Å². The third kappa shape index (κ3) is 11.9. The van der Waals surface area contributed by atoms with Crippen LogP contribution in [0, 0.1) is 0 Å². The Balaban J connectivity index is 3.63. The SMILES string of the molecule is CCCN(CCNCCCOC)CC(F)(F)F. The van der Waals surface area contributed by atoms with Crippen LogP contribution in [0.4, 0.5) is 13.2 Å². The molecule has 6 heteroatoms. The number of nitrogens with zero attached hydrogens (tertiary/aromatic N) is 1. The van der Waals surface area contributed by atoms with Crippen LogP contribution in [0.1, 0.15) is 19.8 Å². The quantitative estimate of drug-likeness (QED) is 0.604. The summed E-state index contributed by atoms with van der Waals surface area (Å²) >= 11 is 0. The van der Waals surface area contributed by atoms with Crippen LogP contribution in [0.3, 0.4) is 0 Å². The minimum absolute atomic E-state index is 0.431. The van der Waals surface area contributed by atoms with Gasteiger partial charge in [0.25, 0.3) is 0 Å². The van der Waals surface area contributed by atoms with E-state index >= 15 is 0 Å². The molecule has 104 valence electrons. The monoisotopic (exact) mass is 256 g/mol. The third-order valence-electron chi connectivity index (χ3n) is 2.25. The van der Waals surface area contributed by atoms with Crippen molar-refractivity contribution in [1.29, 1.82) is 0 Å². The number of nitrogens with one attached hydrogen (secondary N) is 1. The highest BCUT2D eigenvalue weighted by Crippen LogP contribution is 2.16. The first-order valence-corrected chi connectivity index (χ1v) is 5.98. The first-order chi connectivity index (χ1) is 7.99. The number of halogens is 3. The van der Waals surface area contributed by atoms with Crippen LogP contribution in [-0.2, 0) is 4.74 Å². The van der Waals surface area contributed by atoms with E-state index in [4.69, 9.17) is 4.74 Å². The number of methoxy groups -OCH3 is 1. The molecule has 1 N–H and O–H groups in total. The predicted molar refractivity (Wildman–Crippen MR) is 62.1 cm³/mol. The van der Waals surface area contributed by atoms with Crippen molar-refractivity contribution in [3.05, 3.63) is 0 Å². The molecule has 0 fully saturated rings. The Morgan fingerprint density at radius 3 is 2.41 bits per heavy atom. The van der Waals surface area contributed by atoms with E-state index in [0.717, 1.165) is 19.4 Å². The lowest BCUT2D eigenvalue weighted by molar-refractivity contribution is -0.145. The molecular weight excluding hydrogens is 233 g/mol. The largest absolute Gasteiger partial charge is 0.401 e. The van der Waals surface area contributed by atoms with Crippen molar-refractivity contribution >= 4 is 0 Å². The maximum Gasteiger partial charge on any atom is 0.401 e. The van der Waals surface area contributed by atoms with Crippen molar-refractivity contribution in [2.24, 2.45) is 0 Å². The van der Waals surface area contributed by atoms with Gasteiger partial charge >= 0.3 is 6.18 Å². The van der Waals surface area contributed by atoms with E-state index in [-0.39, 0.29) is 0 Å². The molecular formula is C11H23F3N2O. The standard InChI is InChI=1S/C11H23F3N2O/c1-3-7-16(10-11(12,13)14)8-6-15-5-4-9-17-2/h15H,3-10H2,1-2H3. The summed E-state index contributed by atoms with van der Waals surface area (Å²) in [7, 11) is 1.63. The molecule has 0 heterocycles. The molecule has 0 aromatic rings. The summed E-state index contributed by atoms with van der Waals surface area (Å²) in [5, 5.41) is 3.11. The van der Waals surface area contributed by atoms with Gasteiger partial charge in [-0.25, -0.2) is 0 Å². The van der Waals surface area contributed by atoms with Gasteiger partial charge in [0.05, 0.1) is 6.54 Å². The first kappa shape index (κ1) is 16.7. The Morgan fingerprint density at radius 2 is 1.88 bits per heavy atom. The molecule has 0 radical (unpaired) electrons. The third-order valence-corrected chi connectivity index (χ3v) is 2.25. The summed E-state index contributed by atoms with van der Waals surface area (Å²) in [5.74, 6) is 0. The second-order valence-electron chi connectivity index (χ2n) is 3.99. The van der Waals surface area contributed by atoms with Crippen LogP contribution < -0.4 is 5.32 Å². The molecule has 0 aliphatic heterocycles. The number of rotatable bonds is 10. The normalized spacial score (nSPS) is 12.4. The van der Waals surface area contributed by atoms with Crippen LogP contribution in [-0.4, -0.2) is 57.5 Å². The molecule has 0 saturated carbocycles. The van der Waals surface area contributed by atoms with Gasteiger partial charge in [0, 0.05) is 26.8 Å². The van der Waals surface area contributed by atoms with Gasteiger partial charge in [-0.3, -0.25) is 4.90 Å². The molecule has 0 rings (SSSR count). The molecule has 0 bridgehead atoms. The van der Waals surface area contributed by atoms with E-state index in [1.165, 1.54) is 4.90 Å². The van der Waals surface area contributed by atoms with E-state index in [1.54, 1.807) is 7.11 Å². The van der Waals surface area contributed by atoms with Crippen LogP contribution in [0.25, 0.3) is 0 Å². The van der Waals surface area contributed by atoms with Gasteiger partial charge in [-0.2, -0.15) is 13.2 Å². The van der Waals surface area contributed by atoms with Gasteiger partial charge in [0.1, 0.15) is 0 Å². The molecule has 0 aromatic carbocycles. The maximum absolute atomic E-state index is 12.2. The van der Waals surface area contributed by atoms with Crippen LogP contribution in [0.15, 0.2) is 0 Å². The highest BCUT2D eigenvalue weighted by Gasteiger charge is 2.29. The summed E-state index contributed by atoms with van der Waals surface area (Å²) in [6, 6.07) is 0. The number of alkyl halides is 3. The lowest BCUT2D eigenvalue weighted by atomic mass is 10.3. The molecule has 0 amide bonds. The molecule has 0 saturated heterocycles. The number of hydrogen-bond donors (Lipinski definition) is 1. The molecule has 0 atom stereocenters. The summed E-state index contributed by atoms with van der Waals surface area (Å²) in [4.78, 5) is 1.43. The van der Waals surface area contributed by atoms with E-state index in [1.807, 2.05) is 6.92 Å². The van der Waals surface area contributed by atoms with Crippen molar-refractivity contribution in [3.8, 4) is 0 Å².